The van der Waals surface area contributed by atoms with E-state index in [1.54, 1.807) is 10.4 Å². The van der Waals surface area contributed by atoms with E-state index in [1.807, 2.05) is 19.1 Å². The van der Waals surface area contributed by atoms with Gasteiger partial charge in [-0.2, -0.15) is 4.31 Å². The van der Waals surface area contributed by atoms with Crippen molar-refractivity contribution in [1.82, 2.24) is 4.31 Å². The molecule has 1 heterocycles. The number of alkyl halides is 1. The van der Waals surface area contributed by atoms with Crippen LogP contribution in [0.5, 0.6) is 0 Å². The second kappa shape index (κ2) is 5.81. The predicted octanol–water partition coefficient (Wildman–Crippen LogP) is 3.02. The minimum atomic E-state index is -3.37. The Labute approximate surface area is 120 Å². The zero-order valence-corrected chi connectivity index (χ0v) is 13.0. The summed E-state index contributed by atoms with van der Waals surface area (Å²) in [5.41, 5.74) is 1.72. The fourth-order valence-corrected chi connectivity index (χ4v) is 4.55. The number of aryl methyl sites for hydroxylation is 1. The third-order valence-corrected chi connectivity index (χ3v) is 5.93. The fourth-order valence-electron chi connectivity index (χ4n) is 2.47. The minimum absolute atomic E-state index is 0.336. The first-order valence-electron chi connectivity index (χ1n) is 6.67. The number of halogens is 1. The molecule has 1 aliphatic rings. The molecule has 0 amide bonds. The lowest BCUT2D eigenvalue weighted by Crippen LogP contribution is -2.29. The highest BCUT2D eigenvalue weighted by atomic mass is 35.5. The molecule has 19 heavy (non-hydrogen) atoms. The van der Waals surface area contributed by atoms with Gasteiger partial charge in [-0.05, 0) is 36.0 Å². The van der Waals surface area contributed by atoms with Crippen molar-refractivity contribution in [1.29, 1.82) is 0 Å². The molecular formula is C14H20ClNO2S. The summed E-state index contributed by atoms with van der Waals surface area (Å²) in [6.45, 7) is 5.31. The molecule has 0 saturated carbocycles. The van der Waals surface area contributed by atoms with E-state index in [4.69, 9.17) is 11.6 Å². The maximum atomic E-state index is 12.7. The van der Waals surface area contributed by atoms with Gasteiger partial charge in [0.05, 0.1) is 4.90 Å². The lowest BCUT2D eigenvalue weighted by Gasteiger charge is -2.19. The summed E-state index contributed by atoms with van der Waals surface area (Å²) in [4.78, 5) is 0.433. The number of hydrogen-bond donors (Lipinski definition) is 0. The topological polar surface area (TPSA) is 37.4 Å². The monoisotopic (exact) mass is 301 g/mol. The van der Waals surface area contributed by atoms with Crippen molar-refractivity contribution in [3.8, 4) is 0 Å². The molecule has 3 nitrogen and oxygen atoms in total. The molecule has 106 valence electrons. The molecule has 1 aromatic rings. The molecule has 1 unspecified atom stereocenters. The Morgan fingerprint density at radius 3 is 2.68 bits per heavy atom. The number of nitrogens with zero attached hydrogens (tertiary/aromatic N) is 1. The highest BCUT2D eigenvalue weighted by Crippen LogP contribution is 2.27. The van der Waals surface area contributed by atoms with Crippen molar-refractivity contribution in [2.75, 3.05) is 13.1 Å². The quantitative estimate of drug-likeness (QED) is 0.802. The lowest BCUT2D eigenvalue weighted by atomic mass is 10.1. The fraction of sp³-hybridized carbons (Fsp3) is 0.571. The van der Waals surface area contributed by atoms with Crippen LogP contribution in [0.2, 0.25) is 0 Å². The summed E-state index contributed by atoms with van der Waals surface area (Å²) >= 11 is 5.82. The van der Waals surface area contributed by atoms with Gasteiger partial charge in [-0.1, -0.05) is 26.0 Å². The third-order valence-electron chi connectivity index (χ3n) is 3.67. The Balaban J connectivity index is 2.44. The molecule has 5 heteroatoms. The van der Waals surface area contributed by atoms with Gasteiger partial charge in [0.2, 0.25) is 10.0 Å². The van der Waals surface area contributed by atoms with E-state index >= 15 is 0 Å². The second-order valence-corrected chi connectivity index (χ2v) is 7.36. The molecule has 0 aromatic heterocycles. The van der Waals surface area contributed by atoms with Gasteiger partial charge < -0.3 is 0 Å². The highest BCUT2D eigenvalue weighted by Gasteiger charge is 2.31. The Hall–Kier alpha value is -0.580. The first-order valence-corrected chi connectivity index (χ1v) is 8.64. The number of rotatable bonds is 4. The first kappa shape index (κ1) is 14.8. The van der Waals surface area contributed by atoms with Gasteiger partial charge in [-0.25, -0.2) is 8.42 Å². The van der Waals surface area contributed by atoms with E-state index in [-0.39, 0.29) is 0 Å². The summed E-state index contributed by atoms with van der Waals surface area (Å²) in [6, 6.07) is 5.51. The van der Waals surface area contributed by atoms with E-state index in [0.717, 1.165) is 17.5 Å². The van der Waals surface area contributed by atoms with Gasteiger partial charge in [0.1, 0.15) is 0 Å². The van der Waals surface area contributed by atoms with Crippen LogP contribution in [0.25, 0.3) is 0 Å². The van der Waals surface area contributed by atoms with Gasteiger partial charge in [0, 0.05) is 19.0 Å². The Bertz CT molecular complexity index is 557. The lowest BCUT2D eigenvalue weighted by molar-refractivity contribution is 0.463. The predicted molar refractivity (Wildman–Crippen MR) is 77.9 cm³/mol. The van der Waals surface area contributed by atoms with Crippen molar-refractivity contribution in [3.05, 3.63) is 29.3 Å². The summed E-state index contributed by atoms with van der Waals surface area (Å²) in [6.07, 6.45) is 1.65. The zero-order valence-electron chi connectivity index (χ0n) is 11.4. The summed E-state index contributed by atoms with van der Waals surface area (Å²) in [5, 5.41) is 0. The highest BCUT2D eigenvalue weighted by molar-refractivity contribution is 7.89. The Kier molecular flexibility index (Phi) is 4.54. The van der Waals surface area contributed by atoms with Crippen molar-refractivity contribution in [3.63, 3.8) is 0 Å². The normalized spacial score (nSPS) is 20.9. The van der Waals surface area contributed by atoms with E-state index in [1.165, 1.54) is 0 Å². The standard InChI is InChI=1S/C14H20ClNO2S/c1-3-13-5-4-12(9-15)8-14(13)19(17,18)16-7-6-11(2)10-16/h4-5,8,11H,3,6-7,9-10H2,1-2H3. The van der Waals surface area contributed by atoms with Crippen LogP contribution >= 0.6 is 11.6 Å². The molecule has 0 radical (unpaired) electrons. The van der Waals surface area contributed by atoms with Crippen LogP contribution in [0.15, 0.2) is 23.1 Å². The van der Waals surface area contributed by atoms with Crippen LogP contribution in [0.3, 0.4) is 0 Å². The van der Waals surface area contributed by atoms with Crippen molar-refractivity contribution in [2.24, 2.45) is 5.92 Å². The molecule has 1 fully saturated rings. The number of benzene rings is 1. The van der Waals surface area contributed by atoms with Crippen LogP contribution < -0.4 is 0 Å². The maximum Gasteiger partial charge on any atom is 0.243 e. The number of hydrogen-bond acceptors (Lipinski definition) is 2. The zero-order chi connectivity index (χ0) is 14.0. The molecule has 1 aliphatic heterocycles. The summed E-state index contributed by atoms with van der Waals surface area (Å²) < 4.78 is 27.0. The van der Waals surface area contributed by atoms with E-state index in [9.17, 15) is 8.42 Å². The van der Waals surface area contributed by atoms with Crippen LogP contribution in [0.4, 0.5) is 0 Å². The Morgan fingerprint density at radius 2 is 2.16 bits per heavy atom. The molecule has 2 rings (SSSR count). The molecule has 1 aromatic carbocycles. The van der Waals surface area contributed by atoms with Gasteiger partial charge >= 0.3 is 0 Å². The summed E-state index contributed by atoms with van der Waals surface area (Å²) in [7, 11) is -3.37. The van der Waals surface area contributed by atoms with Gasteiger partial charge in [0.25, 0.3) is 0 Å². The van der Waals surface area contributed by atoms with Crippen LogP contribution in [-0.4, -0.2) is 25.8 Å². The van der Waals surface area contributed by atoms with Gasteiger partial charge in [-0.15, -0.1) is 11.6 Å². The van der Waals surface area contributed by atoms with E-state index in [0.29, 0.717) is 36.2 Å². The molecule has 1 saturated heterocycles. The van der Waals surface area contributed by atoms with Crippen molar-refractivity contribution in [2.45, 2.75) is 37.5 Å². The molecule has 0 aliphatic carbocycles. The summed E-state index contributed by atoms with van der Waals surface area (Å²) in [5.74, 6) is 0.777. The van der Waals surface area contributed by atoms with Gasteiger partial charge in [0.15, 0.2) is 0 Å². The van der Waals surface area contributed by atoms with E-state index in [2.05, 4.69) is 6.92 Å². The van der Waals surface area contributed by atoms with Crippen LogP contribution in [-0.2, 0) is 22.3 Å². The van der Waals surface area contributed by atoms with Crippen molar-refractivity contribution >= 4 is 21.6 Å². The smallest absolute Gasteiger partial charge is 0.207 e. The van der Waals surface area contributed by atoms with Gasteiger partial charge in [-0.3, -0.25) is 0 Å². The first-order chi connectivity index (χ1) is 8.98. The maximum absolute atomic E-state index is 12.7. The molecular weight excluding hydrogens is 282 g/mol. The molecule has 0 N–H and O–H groups in total. The third kappa shape index (κ3) is 2.96. The number of sulfonamides is 1. The van der Waals surface area contributed by atoms with E-state index < -0.39 is 10.0 Å². The van der Waals surface area contributed by atoms with Crippen molar-refractivity contribution < 1.29 is 8.42 Å². The molecule has 0 bridgehead atoms. The molecule has 1 atom stereocenters. The average Bonchev–Trinajstić information content (AvgIpc) is 2.85. The Morgan fingerprint density at radius 1 is 1.42 bits per heavy atom. The van der Waals surface area contributed by atoms with Crippen LogP contribution in [0, 0.1) is 5.92 Å². The average molecular weight is 302 g/mol. The second-order valence-electron chi connectivity index (χ2n) is 5.19. The SMILES string of the molecule is CCc1ccc(CCl)cc1S(=O)(=O)N1CCC(C)C1. The largest absolute Gasteiger partial charge is 0.243 e. The van der Waals surface area contributed by atoms with Crippen LogP contribution in [0.1, 0.15) is 31.4 Å². The minimum Gasteiger partial charge on any atom is -0.207 e. The molecule has 0 spiro atoms.